The van der Waals surface area contributed by atoms with Crippen LogP contribution in [-0.2, 0) is 19.4 Å². The summed E-state index contributed by atoms with van der Waals surface area (Å²) in [5, 5.41) is 4.11. The highest BCUT2D eigenvalue weighted by molar-refractivity contribution is 7.80. The van der Waals surface area contributed by atoms with Crippen molar-refractivity contribution in [3.05, 3.63) is 65.2 Å². The van der Waals surface area contributed by atoms with Gasteiger partial charge in [-0.1, -0.05) is 56.3 Å². The quantitative estimate of drug-likeness (QED) is 0.810. The Morgan fingerprint density at radius 1 is 0.955 bits per heavy atom. The van der Waals surface area contributed by atoms with E-state index in [-0.39, 0.29) is 0 Å². The van der Waals surface area contributed by atoms with Crippen LogP contribution in [0.2, 0.25) is 0 Å². The van der Waals surface area contributed by atoms with Crippen LogP contribution in [0, 0.1) is 0 Å². The molecule has 0 fully saturated rings. The molecule has 1 N–H and O–H groups in total. The second kappa shape index (κ2) is 7.95. The summed E-state index contributed by atoms with van der Waals surface area (Å²) >= 11 is 5.53. The topological polar surface area (TPSA) is 15.3 Å². The molecule has 0 unspecified atom stereocenters. The van der Waals surface area contributed by atoms with Crippen LogP contribution in [0.3, 0.4) is 0 Å². The summed E-state index contributed by atoms with van der Waals surface area (Å²) in [7, 11) is 2.03. The van der Waals surface area contributed by atoms with E-state index in [1.54, 1.807) is 0 Å². The maximum absolute atomic E-state index is 5.53. The first kappa shape index (κ1) is 16.5. The van der Waals surface area contributed by atoms with Crippen LogP contribution in [0.1, 0.15) is 30.5 Å². The fraction of sp³-hybridized carbons (Fsp3) is 0.316. The highest BCUT2D eigenvalue weighted by atomic mass is 32.1. The summed E-state index contributed by atoms with van der Waals surface area (Å²) in [5.74, 6) is 0. The number of aryl methyl sites for hydroxylation is 2. The number of benzene rings is 2. The maximum atomic E-state index is 5.53. The molecule has 2 nitrogen and oxygen atoms in total. The average molecular weight is 312 g/mol. The molecule has 2 aromatic carbocycles. The van der Waals surface area contributed by atoms with Gasteiger partial charge in [-0.05, 0) is 47.8 Å². The third kappa shape index (κ3) is 4.31. The first-order chi connectivity index (χ1) is 10.6. The molecule has 0 aliphatic heterocycles. The normalized spacial score (nSPS) is 10.3. The van der Waals surface area contributed by atoms with E-state index in [1.807, 2.05) is 13.1 Å². The van der Waals surface area contributed by atoms with Crippen LogP contribution in [0.15, 0.2) is 48.5 Å². The highest BCUT2D eigenvalue weighted by Crippen LogP contribution is 2.16. The zero-order valence-electron chi connectivity index (χ0n) is 13.6. The number of nitrogens with zero attached hydrogens (tertiary/aromatic N) is 1. The van der Waals surface area contributed by atoms with Crippen molar-refractivity contribution in [2.45, 2.75) is 33.2 Å². The lowest BCUT2D eigenvalue weighted by Gasteiger charge is -2.22. The van der Waals surface area contributed by atoms with Crippen molar-refractivity contribution in [3.63, 3.8) is 0 Å². The monoisotopic (exact) mass is 312 g/mol. The third-order valence-corrected chi connectivity index (χ3v) is 4.25. The van der Waals surface area contributed by atoms with Crippen molar-refractivity contribution < 1.29 is 0 Å². The van der Waals surface area contributed by atoms with Gasteiger partial charge in [-0.2, -0.15) is 0 Å². The lowest BCUT2D eigenvalue weighted by Crippen LogP contribution is -2.30. The zero-order valence-corrected chi connectivity index (χ0v) is 14.4. The summed E-state index contributed by atoms with van der Waals surface area (Å²) < 4.78 is 0. The molecule has 0 bridgehead atoms. The Morgan fingerprint density at radius 3 is 2.23 bits per heavy atom. The molecule has 0 aliphatic rings. The van der Waals surface area contributed by atoms with Crippen LogP contribution in [0.25, 0.3) is 0 Å². The van der Waals surface area contributed by atoms with E-state index in [0.717, 1.165) is 30.2 Å². The summed E-state index contributed by atoms with van der Waals surface area (Å²) in [5.41, 5.74) is 5.02. The Labute approximate surface area is 139 Å². The van der Waals surface area contributed by atoms with Crippen LogP contribution in [0.4, 0.5) is 5.69 Å². The number of hydrogen-bond donors (Lipinski definition) is 1. The highest BCUT2D eigenvalue weighted by Gasteiger charge is 2.07. The SMILES string of the molecule is CCc1ccc(CN(C)C(=S)Nc2ccccc2CC)cc1. The number of anilines is 1. The molecule has 0 aliphatic carbocycles. The molecule has 0 radical (unpaired) electrons. The van der Waals surface area contributed by atoms with Gasteiger partial charge in [-0.25, -0.2) is 0 Å². The van der Waals surface area contributed by atoms with Gasteiger partial charge in [0.2, 0.25) is 0 Å². The van der Waals surface area contributed by atoms with Crippen molar-refractivity contribution in [1.82, 2.24) is 4.90 Å². The van der Waals surface area contributed by atoms with E-state index >= 15 is 0 Å². The molecule has 0 atom stereocenters. The van der Waals surface area contributed by atoms with Gasteiger partial charge in [0.25, 0.3) is 0 Å². The van der Waals surface area contributed by atoms with E-state index in [0.29, 0.717) is 0 Å². The average Bonchev–Trinajstić information content (AvgIpc) is 2.56. The second-order valence-electron chi connectivity index (χ2n) is 5.47. The molecule has 0 heterocycles. The summed E-state index contributed by atoms with van der Waals surface area (Å²) in [6, 6.07) is 17.0. The Bertz CT molecular complexity index is 620. The van der Waals surface area contributed by atoms with Crippen molar-refractivity contribution >= 4 is 23.0 Å². The van der Waals surface area contributed by atoms with E-state index < -0.39 is 0 Å². The molecular weight excluding hydrogens is 288 g/mol. The summed E-state index contributed by atoms with van der Waals surface area (Å²) in [4.78, 5) is 2.07. The Balaban J connectivity index is 1.99. The van der Waals surface area contributed by atoms with Crippen molar-refractivity contribution in [1.29, 1.82) is 0 Å². The fourth-order valence-electron chi connectivity index (χ4n) is 2.39. The number of rotatable bonds is 5. The lowest BCUT2D eigenvalue weighted by atomic mass is 10.1. The number of nitrogens with one attached hydrogen (secondary N) is 1. The van der Waals surface area contributed by atoms with Gasteiger partial charge < -0.3 is 10.2 Å². The minimum Gasteiger partial charge on any atom is -0.348 e. The van der Waals surface area contributed by atoms with E-state index in [2.05, 4.69) is 66.5 Å². The molecule has 3 heteroatoms. The molecule has 2 aromatic rings. The predicted molar refractivity (Wildman–Crippen MR) is 99.3 cm³/mol. The van der Waals surface area contributed by atoms with Crippen LogP contribution >= 0.6 is 12.2 Å². The molecule has 0 spiro atoms. The number of hydrogen-bond acceptors (Lipinski definition) is 1. The maximum Gasteiger partial charge on any atom is 0.173 e. The van der Waals surface area contributed by atoms with Crippen molar-refractivity contribution in [3.8, 4) is 0 Å². The van der Waals surface area contributed by atoms with Gasteiger partial charge in [0, 0.05) is 19.3 Å². The second-order valence-corrected chi connectivity index (χ2v) is 5.85. The van der Waals surface area contributed by atoms with E-state index in [4.69, 9.17) is 12.2 Å². The van der Waals surface area contributed by atoms with E-state index in [1.165, 1.54) is 16.7 Å². The van der Waals surface area contributed by atoms with Crippen molar-refractivity contribution in [2.24, 2.45) is 0 Å². The minimum atomic E-state index is 0.750. The lowest BCUT2D eigenvalue weighted by molar-refractivity contribution is 0.508. The van der Waals surface area contributed by atoms with Crippen LogP contribution < -0.4 is 5.32 Å². The molecule has 0 saturated carbocycles. The fourth-order valence-corrected chi connectivity index (χ4v) is 2.56. The standard InChI is InChI=1S/C19H24N2S/c1-4-15-10-12-16(13-11-15)14-21(3)19(22)20-18-9-7-6-8-17(18)5-2/h6-13H,4-5,14H2,1-3H3,(H,20,22). The van der Waals surface area contributed by atoms with Crippen LogP contribution in [-0.4, -0.2) is 17.1 Å². The molecule has 22 heavy (non-hydrogen) atoms. The third-order valence-electron chi connectivity index (χ3n) is 3.84. The molecule has 0 aromatic heterocycles. The number of para-hydroxylation sites is 1. The largest absolute Gasteiger partial charge is 0.348 e. The minimum absolute atomic E-state index is 0.750. The zero-order chi connectivity index (χ0) is 15.9. The van der Waals surface area contributed by atoms with E-state index in [9.17, 15) is 0 Å². The van der Waals surface area contributed by atoms with Crippen LogP contribution in [0.5, 0.6) is 0 Å². The van der Waals surface area contributed by atoms with Gasteiger partial charge in [-0.3, -0.25) is 0 Å². The van der Waals surface area contributed by atoms with Gasteiger partial charge in [0.1, 0.15) is 0 Å². The van der Waals surface area contributed by atoms with Gasteiger partial charge in [0.15, 0.2) is 5.11 Å². The Hall–Kier alpha value is -1.87. The number of thiocarbonyl (C=S) groups is 1. The molecule has 0 amide bonds. The molecular formula is C19H24N2S. The van der Waals surface area contributed by atoms with Gasteiger partial charge in [-0.15, -0.1) is 0 Å². The molecule has 0 saturated heterocycles. The Morgan fingerprint density at radius 2 is 1.59 bits per heavy atom. The van der Waals surface area contributed by atoms with Gasteiger partial charge in [0.05, 0.1) is 0 Å². The van der Waals surface area contributed by atoms with Crippen molar-refractivity contribution in [2.75, 3.05) is 12.4 Å². The molecule has 2 rings (SSSR count). The predicted octanol–water partition coefficient (Wildman–Crippen LogP) is 4.64. The first-order valence-electron chi connectivity index (χ1n) is 7.81. The first-order valence-corrected chi connectivity index (χ1v) is 8.22. The summed E-state index contributed by atoms with van der Waals surface area (Å²) in [6.07, 6.45) is 2.07. The summed E-state index contributed by atoms with van der Waals surface area (Å²) in [6.45, 7) is 5.14. The van der Waals surface area contributed by atoms with Gasteiger partial charge >= 0.3 is 0 Å². The molecule has 116 valence electrons. The smallest absolute Gasteiger partial charge is 0.173 e. The Kier molecular flexibility index (Phi) is 5.96.